The Morgan fingerprint density at radius 1 is 0.857 bits per heavy atom. The van der Waals surface area contributed by atoms with E-state index < -0.39 is 0 Å². The Morgan fingerprint density at radius 3 is 2.38 bits per heavy atom. The minimum Gasteiger partial charge on any atom is -0.507 e. The van der Waals surface area contributed by atoms with Crippen LogP contribution in [-0.2, 0) is 0 Å². The van der Waals surface area contributed by atoms with E-state index in [2.05, 4.69) is 6.07 Å². The van der Waals surface area contributed by atoms with Crippen molar-refractivity contribution in [1.29, 1.82) is 0 Å². The molecule has 0 bridgehead atoms. The first kappa shape index (κ1) is 13.1. The third-order valence-electron chi connectivity index (χ3n) is 3.37. The largest absolute Gasteiger partial charge is 0.507 e. The van der Waals surface area contributed by atoms with Gasteiger partial charge in [0.2, 0.25) is 0 Å². The van der Waals surface area contributed by atoms with Gasteiger partial charge in [0.25, 0.3) is 0 Å². The van der Waals surface area contributed by atoms with Gasteiger partial charge < -0.3 is 5.11 Å². The molecule has 0 unspecified atom stereocenters. The molecule has 0 aliphatic carbocycles. The molecule has 2 nitrogen and oxygen atoms in total. The summed E-state index contributed by atoms with van der Waals surface area (Å²) in [7, 11) is 0. The molecule has 1 N–H and O–H groups in total. The van der Waals surface area contributed by atoms with Crippen molar-refractivity contribution in [2.75, 3.05) is 0 Å². The zero-order chi connectivity index (χ0) is 14.7. The first-order valence-corrected chi connectivity index (χ1v) is 6.73. The summed E-state index contributed by atoms with van der Waals surface area (Å²) in [5, 5.41) is 12.0. The van der Waals surface area contributed by atoms with E-state index in [9.17, 15) is 9.90 Å². The molecule has 3 aromatic carbocycles. The Morgan fingerprint density at radius 2 is 1.57 bits per heavy atom. The summed E-state index contributed by atoms with van der Waals surface area (Å²) in [5.41, 5.74) is 1.27. The number of carbonyl (C=O) groups is 1. The molecule has 21 heavy (non-hydrogen) atoms. The molecule has 3 rings (SSSR count). The van der Waals surface area contributed by atoms with Gasteiger partial charge in [-0.3, -0.25) is 4.79 Å². The zero-order valence-electron chi connectivity index (χ0n) is 11.4. The van der Waals surface area contributed by atoms with E-state index in [1.807, 2.05) is 36.4 Å². The van der Waals surface area contributed by atoms with Crippen LogP contribution in [0.4, 0.5) is 0 Å². The molecule has 0 atom stereocenters. The smallest absolute Gasteiger partial charge is 0.189 e. The fraction of sp³-hybridized carbons (Fsp3) is 0. The molecule has 102 valence electrons. The van der Waals surface area contributed by atoms with Crippen LogP contribution >= 0.6 is 0 Å². The molecule has 0 aromatic heterocycles. The number of hydrogen-bond donors (Lipinski definition) is 1. The lowest BCUT2D eigenvalue weighted by atomic mass is 10.1. The van der Waals surface area contributed by atoms with Crippen molar-refractivity contribution in [3.05, 3.63) is 83.9 Å². The van der Waals surface area contributed by atoms with Crippen LogP contribution in [0.3, 0.4) is 0 Å². The number of allylic oxidation sites excluding steroid dienone is 1. The second kappa shape index (κ2) is 5.63. The summed E-state index contributed by atoms with van der Waals surface area (Å²) in [6.45, 7) is 0. The van der Waals surface area contributed by atoms with Crippen LogP contribution < -0.4 is 0 Å². The van der Waals surface area contributed by atoms with Crippen LogP contribution in [0.1, 0.15) is 15.9 Å². The maximum absolute atomic E-state index is 12.1. The minimum absolute atomic E-state index is 0.00524. The lowest BCUT2D eigenvalue weighted by Gasteiger charge is -2.00. The molecule has 0 aliphatic heterocycles. The number of rotatable bonds is 3. The number of phenolic OH excluding ortho intramolecular Hbond substituents is 1. The number of benzene rings is 3. The van der Waals surface area contributed by atoms with Gasteiger partial charge in [-0.2, -0.15) is 0 Å². The van der Waals surface area contributed by atoms with E-state index in [4.69, 9.17) is 0 Å². The molecule has 3 aromatic rings. The second-order valence-electron chi connectivity index (χ2n) is 4.82. The third-order valence-corrected chi connectivity index (χ3v) is 3.37. The standard InChI is InChI=1S/C19H14O2/c20-18-8-4-3-7-17(18)19(21)12-10-14-9-11-15-5-1-2-6-16(15)13-14/h1-13,20H. The van der Waals surface area contributed by atoms with Gasteiger partial charge in [0, 0.05) is 0 Å². The molecule has 0 amide bonds. The maximum atomic E-state index is 12.1. The van der Waals surface area contributed by atoms with Crippen molar-refractivity contribution in [3.8, 4) is 5.75 Å². The van der Waals surface area contributed by atoms with Gasteiger partial charge in [-0.1, -0.05) is 54.6 Å². The van der Waals surface area contributed by atoms with Crippen LogP contribution in [0, 0.1) is 0 Å². The van der Waals surface area contributed by atoms with Gasteiger partial charge >= 0.3 is 0 Å². The quantitative estimate of drug-likeness (QED) is 0.566. The predicted octanol–water partition coefficient (Wildman–Crippen LogP) is 4.44. The molecule has 0 aliphatic rings. The van der Waals surface area contributed by atoms with Gasteiger partial charge in [-0.05, 0) is 40.6 Å². The molecule has 0 saturated heterocycles. The van der Waals surface area contributed by atoms with E-state index >= 15 is 0 Å². The predicted molar refractivity (Wildman–Crippen MR) is 85.4 cm³/mol. The highest BCUT2D eigenvalue weighted by Crippen LogP contribution is 2.19. The normalized spacial score (nSPS) is 11.0. The highest BCUT2D eigenvalue weighted by atomic mass is 16.3. The number of carbonyl (C=O) groups excluding carboxylic acids is 1. The Labute approximate surface area is 123 Å². The first-order chi connectivity index (χ1) is 10.2. The Balaban J connectivity index is 1.87. The van der Waals surface area contributed by atoms with Crippen molar-refractivity contribution in [1.82, 2.24) is 0 Å². The Kier molecular flexibility index (Phi) is 3.52. The number of ketones is 1. The topological polar surface area (TPSA) is 37.3 Å². The first-order valence-electron chi connectivity index (χ1n) is 6.73. The van der Waals surface area contributed by atoms with Gasteiger partial charge in [-0.15, -0.1) is 0 Å². The van der Waals surface area contributed by atoms with Crippen molar-refractivity contribution in [3.63, 3.8) is 0 Å². The molecule has 2 heteroatoms. The molecule has 0 radical (unpaired) electrons. The van der Waals surface area contributed by atoms with Gasteiger partial charge in [0.15, 0.2) is 5.78 Å². The highest BCUT2D eigenvalue weighted by Gasteiger charge is 2.06. The van der Waals surface area contributed by atoms with Crippen molar-refractivity contribution in [2.45, 2.75) is 0 Å². The summed E-state index contributed by atoms with van der Waals surface area (Å²) in [4.78, 5) is 12.1. The van der Waals surface area contributed by atoms with E-state index in [0.29, 0.717) is 5.56 Å². The summed E-state index contributed by atoms with van der Waals surface area (Å²) >= 11 is 0. The number of para-hydroxylation sites is 1. The summed E-state index contributed by atoms with van der Waals surface area (Å²) in [5.74, 6) is -0.202. The van der Waals surface area contributed by atoms with Crippen LogP contribution in [-0.4, -0.2) is 10.9 Å². The van der Waals surface area contributed by atoms with E-state index in [0.717, 1.165) is 10.9 Å². The lowest BCUT2D eigenvalue weighted by molar-refractivity contribution is 0.104. The highest BCUT2D eigenvalue weighted by molar-refractivity contribution is 6.08. The molecule has 0 saturated carbocycles. The van der Waals surface area contributed by atoms with E-state index in [1.54, 1.807) is 24.3 Å². The summed E-state index contributed by atoms with van der Waals surface area (Å²) in [6.07, 6.45) is 3.25. The fourth-order valence-corrected chi connectivity index (χ4v) is 2.26. The van der Waals surface area contributed by atoms with Gasteiger partial charge in [0.05, 0.1) is 5.56 Å². The van der Waals surface area contributed by atoms with Crippen molar-refractivity contribution >= 4 is 22.6 Å². The van der Waals surface area contributed by atoms with Crippen LogP contribution in [0.5, 0.6) is 5.75 Å². The second-order valence-corrected chi connectivity index (χ2v) is 4.82. The lowest BCUT2D eigenvalue weighted by Crippen LogP contribution is -1.94. The number of hydrogen-bond acceptors (Lipinski definition) is 2. The molecule has 0 fully saturated rings. The third kappa shape index (κ3) is 2.84. The summed E-state index contributed by atoms with van der Waals surface area (Å²) in [6, 6.07) is 20.7. The Bertz CT molecular complexity index is 832. The monoisotopic (exact) mass is 274 g/mol. The average molecular weight is 274 g/mol. The fourth-order valence-electron chi connectivity index (χ4n) is 2.26. The molecular weight excluding hydrogens is 260 g/mol. The van der Waals surface area contributed by atoms with Crippen molar-refractivity contribution in [2.24, 2.45) is 0 Å². The molecule has 0 heterocycles. The minimum atomic E-state index is -0.207. The SMILES string of the molecule is O=C(C=Cc1ccc2ccccc2c1)c1ccccc1O. The molecular formula is C19H14O2. The Hall–Kier alpha value is -2.87. The molecule has 0 spiro atoms. The van der Waals surface area contributed by atoms with E-state index in [1.165, 1.54) is 17.5 Å². The average Bonchev–Trinajstić information content (AvgIpc) is 2.53. The number of aromatic hydroxyl groups is 1. The zero-order valence-corrected chi connectivity index (χ0v) is 11.4. The number of fused-ring (bicyclic) bond motifs is 1. The number of phenols is 1. The van der Waals surface area contributed by atoms with Crippen LogP contribution in [0.2, 0.25) is 0 Å². The van der Waals surface area contributed by atoms with Crippen LogP contribution in [0.15, 0.2) is 72.8 Å². The van der Waals surface area contributed by atoms with Crippen molar-refractivity contribution < 1.29 is 9.90 Å². The van der Waals surface area contributed by atoms with Crippen LogP contribution in [0.25, 0.3) is 16.8 Å². The van der Waals surface area contributed by atoms with Gasteiger partial charge in [0.1, 0.15) is 5.75 Å². The van der Waals surface area contributed by atoms with E-state index in [-0.39, 0.29) is 11.5 Å². The summed E-state index contributed by atoms with van der Waals surface area (Å²) < 4.78 is 0. The van der Waals surface area contributed by atoms with Gasteiger partial charge in [-0.25, -0.2) is 0 Å². The maximum Gasteiger partial charge on any atom is 0.189 e.